The summed E-state index contributed by atoms with van der Waals surface area (Å²) in [5.41, 5.74) is 14.0. The van der Waals surface area contributed by atoms with Gasteiger partial charge in [-0.3, -0.25) is 18.5 Å². The van der Waals surface area contributed by atoms with E-state index < -0.39 is 48.8 Å². The third-order valence-corrected chi connectivity index (χ3v) is 25.7. The molecule has 0 bridgehead atoms. The molecular formula is C67H86N9O13P3S2. The van der Waals surface area contributed by atoms with Crippen LogP contribution in [0.4, 0.5) is 0 Å². The molecule has 0 radical (unpaired) electrons. The zero-order valence-corrected chi connectivity index (χ0v) is 58.3. The number of carboxylic acids is 1. The van der Waals surface area contributed by atoms with Crippen LogP contribution in [0.1, 0.15) is 105 Å². The number of aliphatic carboxylic acids is 1. The van der Waals surface area contributed by atoms with E-state index in [1.807, 2.05) is 121 Å². The summed E-state index contributed by atoms with van der Waals surface area (Å²) >= 11 is 0. The first-order valence-electron chi connectivity index (χ1n) is 30.9. The maximum Gasteiger partial charge on any atom is 0.382 e. The summed E-state index contributed by atoms with van der Waals surface area (Å²) in [6.07, 6.45) is 9.68. The monoisotopic (exact) mass is 1380 g/mol. The molecule has 22 nitrogen and oxygen atoms in total. The van der Waals surface area contributed by atoms with Gasteiger partial charge in [0.25, 0.3) is 16.1 Å². The van der Waals surface area contributed by atoms with Gasteiger partial charge in [0.2, 0.25) is 0 Å². The second-order valence-electron chi connectivity index (χ2n) is 21.0. The van der Waals surface area contributed by atoms with Crippen molar-refractivity contribution in [3.8, 4) is 23.7 Å². The number of hydrogen-bond acceptors (Lipinski definition) is 16. The Balaban J connectivity index is 0.000000233. The van der Waals surface area contributed by atoms with Gasteiger partial charge in [-0.25, -0.2) is 36.1 Å². The predicted molar refractivity (Wildman–Crippen MR) is 373 cm³/mol. The van der Waals surface area contributed by atoms with Gasteiger partial charge in [0.05, 0.1) is 30.0 Å². The molecule has 8 aromatic rings. The Hall–Kier alpha value is -7.37. The molecule has 0 saturated carbocycles. The number of fused-ring (bicyclic) bond motifs is 2. The zero-order valence-electron chi connectivity index (χ0n) is 54.0. The Labute approximate surface area is 553 Å². The van der Waals surface area contributed by atoms with E-state index in [1.165, 1.54) is 19.6 Å². The molecule has 5 heterocycles. The van der Waals surface area contributed by atoms with Gasteiger partial charge < -0.3 is 31.0 Å². The number of carbonyl (C=O) groups excluding carboxylic acids is 1. The number of carboxylic acid groups (broad SMARTS) is 1. The number of nitrogens with zero attached hydrogens (tertiary/aromatic N) is 3. The standard InChI is InChI=1S/C27H25N3O3S.C16H19N5O2S.C9H21O6P3.C9H6O2.C6H15N/c31-26(11-10-21-6-2-1-3-7-21)30-20-24-9-5-4-8-22(24)14-18-34(32,33)19-15-23-12-16-28-27-25(23)13-17-29-27;17-9-12-3-1-2-4-13(12)10-20-24(22,23)21-11-14-5-7-18-16-15(14)6-8-19-16;1-4-7-16(10)13-17(11,8-5-2)15-18(12,14-16)9-6-3;10-9(11)7-6-8-4-2-1-3-5-8;1-4-7(5-2)6-3/h1-9,12-13,16-17H,14-15,18-20H2,(H,28,29)(H,30,31);1-8,20-21H,9-11,17H2,(H,18,19);4-9H2,1-3H3;1-5H,(H,10,11);4-6H2,1-3H3. The van der Waals surface area contributed by atoms with E-state index in [0.29, 0.717) is 45.2 Å². The van der Waals surface area contributed by atoms with Crippen LogP contribution in [0.5, 0.6) is 0 Å². The molecule has 1 aliphatic rings. The van der Waals surface area contributed by atoms with Crippen molar-refractivity contribution in [1.82, 2.24) is 39.6 Å². The Morgan fingerprint density at radius 3 is 1.38 bits per heavy atom. The number of carbonyl (C=O) groups is 2. The number of nitrogens with one attached hydrogen (secondary N) is 5. The molecule has 9 rings (SSSR count). The summed E-state index contributed by atoms with van der Waals surface area (Å²) < 4.78 is 107. The summed E-state index contributed by atoms with van der Waals surface area (Å²) in [5, 5.41) is 12.8. The highest BCUT2D eigenvalue weighted by molar-refractivity contribution is 7.91. The van der Waals surface area contributed by atoms with E-state index >= 15 is 0 Å². The van der Waals surface area contributed by atoms with Crippen molar-refractivity contribution in [2.24, 2.45) is 5.73 Å². The maximum absolute atomic E-state index is 12.7. The van der Waals surface area contributed by atoms with Crippen molar-refractivity contribution in [1.29, 1.82) is 0 Å². The zero-order chi connectivity index (χ0) is 68.5. The van der Waals surface area contributed by atoms with E-state index in [4.69, 9.17) is 23.8 Å². The fourth-order valence-corrected chi connectivity index (χ4v) is 20.6. The third-order valence-electron chi connectivity index (χ3n) is 14.0. The number of aromatic nitrogens is 4. The van der Waals surface area contributed by atoms with Crippen LogP contribution in [0.2, 0.25) is 0 Å². The lowest BCUT2D eigenvalue weighted by atomic mass is 10.1. The molecule has 1 fully saturated rings. The van der Waals surface area contributed by atoms with Gasteiger partial charge in [0.1, 0.15) is 11.3 Å². The van der Waals surface area contributed by atoms with E-state index in [-0.39, 0.29) is 49.0 Å². The predicted octanol–water partition coefficient (Wildman–Crippen LogP) is 11.9. The number of H-pyrrole nitrogens is 2. The molecular weight excluding hydrogens is 1300 g/mol. The molecule has 4 aromatic heterocycles. The van der Waals surface area contributed by atoms with Crippen molar-refractivity contribution < 1.29 is 58.2 Å². The normalized spacial score (nSPS) is 16.6. The number of nitrogens with two attached hydrogens (primary N) is 1. The van der Waals surface area contributed by atoms with Gasteiger partial charge in [-0.1, -0.05) is 138 Å². The Kier molecular flexibility index (Phi) is 32.5. The second-order valence-corrected chi connectivity index (χ2v) is 31.9. The lowest BCUT2D eigenvalue weighted by Gasteiger charge is -2.33. The van der Waals surface area contributed by atoms with Crippen LogP contribution in [0.25, 0.3) is 22.1 Å². The molecule has 1 amide bonds. The van der Waals surface area contributed by atoms with Gasteiger partial charge in [-0.15, -0.1) is 0 Å². The number of hydrogen-bond donors (Lipinski definition) is 7. The molecule has 4 aromatic carbocycles. The number of amides is 1. The minimum absolute atomic E-state index is 0.0487. The first kappa shape index (κ1) is 77.3. The number of aromatic amines is 2. The van der Waals surface area contributed by atoms with E-state index in [9.17, 15) is 40.1 Å². The van der Waals surface area contributed by atoms with Crippen LogP contribution in [-0.4, -0.2) is 108 Å². The molecule has 0 unspecified atom stereocenters. The van der Waals surface area contributed by atoms with Crippen LogP contribution in [0.15, 0.2) is 158 Å². The Morgan fingerprint density at radius 2 is 0.936 bits per heavy atom. The highest BCUT2D eigenvalue weighted by Crippen LogP contribution is 2.82. The van der Waals surface area contributed by atoms with Crippen molar-refractivity contribution in [2.75, 3.05) is 49.6 Å². The van der Waals surface area contributed by atoms with Gasteiger partial charge in [-0.05, 0) is 134 Å². The van der Waals surface area contributed by atoms with Crippen LogP contribution >= 0.6 is 22.8 Å². The molecule has 27 heteroatoms. The van der Waals surface area contributed by atoms with Gasteiger partial charge >= 0.3 is 28.8 Å². The Bertz CT molecular complexity index is 4120. The van der Waals surface area contributed by atoms with Crippen LogP contribution in [-0.2, 0) is 95.3 Å². The number of rotatable bonds is 24. The summed E-state index contributed by atoms with van der Waals surface area (Å²) in [4.78, 5) is 39.0. The fraction of sp³-hybridized carbons (Fsp3) is 0.343. The van der Waals surface area contributed by atoms with Crippen LogP contribution in [0.3, 0.4) is 0 Å². The van der Waals surface area contributed by atoms with Crippen LogP contribution < -0.4 is 20.5 Å². The van der Waals surface area contributed by atoms with Gasteiger partial charge in [0, 0.05) is 84.7 Å². The molecule has 1 saturated heterocycles. The summed E-state index contributed by atoms with van der Waals surface area (Å²) in [6.45, 7) is 16.6. The first-order valence-corrected chi connectivity index (χ1v) is 39.4. The molecule has 0 aliphatic carbocycles. The van der Waals surface area contributed by atoms with Gasteiger partial charge in [-0.2, -0.15) is 17.9 Å². The second kappa shape index (κ2) is 39.5. The molecule has 1 aliphatic heterocycles. The maximum atomic E-state index is 12.7. The van der Waals surface area contributed by atoms with Crippen molar-refractivity contribution in [3.05, 3.63) is 203 Å². The van der Waals surface area contributed by atoms with E-state index in [1.54, 1.807) is 63.8 Å². The third kappa shape index (κ3) is 27.2. The minimum atomic E-state index is -3.63. The summed E-state index contributed by atoms with van der Waals surface area (Å²) in [6, 6.07) is 40.8. The number of pyridine rings is 2. The smallest absolute Gasteiger partial charge is 0.382 e. The van der Waals surface area contributed by atoms with Crippen molar-refractivity contribution >= 4 is 76.8 Å². The lowest BCUT2D eigenvalue weighted by molar-refractivity contribution is -0.130. The molecule has 504 valence electrons. The van der Waals surface area contributed by atoms with E-state index in [2.05, 4.69) is 78.1 Å². The van der Waals surface area contributed by atoms with Crippen molar-refractivity contribution in [3.63, 3.8) is 0 Å². The average molecular weight is 1380 g/mol. The van der Waals surface area contributed by atoms with Gasteiger partial charge in [0.15, 0.2) is 9.84 Å². The number of sulfone groups is 1. The lowest BCUT2D eigenvalue weighted by Crippen LogP contribution is -2.36. The largest absolute Gasteiger partial charge is 0.472 e. The van der Waals surface area contributed by atoms with E-state index in [0.717, 1.165) is 66.6 Å². The highest BCUT2D eigenvalue weighted by atomic mass is 32.2. The summed E-state index contributed by atoms with van der Waals surface area (Å²) in [5.74, 6) is 8.58. The Morgan fingerprint density at radius 1 is 0.532 bits per heavy atom. The minimum Gasteiger partial charge on any atom is -0.472 e. The molecule has 8 N–H and O–H groups in total. The van der Waals surface area contributed by atoms with Crippen LogP contribution in [0, 0.1) is 23.7 Å². The SMILES string of the molecule is CCCP1(=O)OP(=O)(CCC)OP(=O)(CCC)O1.CCN(CC)CC.NCc1ccccc1CNS(=O)(=O)NCc1ccnc2[nH]ccc12.O=C(C#Cc1ccccc1)NCc1ccccc1CCS(=O)(=O)CCc1ccnc2[nH]ccc12.O=C(O)C#Cc1ccccc1. The molecule has 0 spiro atoms. The number of benzene rings is 4. The topological polar surface area (TPSA) is 324 Å². The number of aryl methyl sites for hydroxylation is 2. The summed E-state index contributed by atoms with van der Waals surface area (Å²) in [7, 11) is -17.6. The quantitative estimate of drug-likeness (QED) is 0.0218. The van der Waals surface area contributed by atoms with Crippen molar-refractivity contribution in [2.45, 2.75) is 99.8 Å². The molecule has 0 atom stereocenters. The highest BCUT2D eigenvalue weighted by Gasteiger charge is 2.51. The fourth-order valence-electron chi connectivity index (χ4n) is 9.21. The average Bonchev–Trinajstić information content (AvgIpc) is 0.971. The molecule has 94 heavy (non-hydrogen) atoms. The first-order chi connectivity index (χ1) is 45.0.